The summed E-state index contributed by atoms with van der Waals surface area (Å²) < 4.78 is 5.66. The molecule has 6 rings (SSSR count). The maximum atomic E-state index is 13.0. The lowest BCUT2D eigenvalue weighted by Crippen LogP contribution is -2.37. The van der Waals surface area contributed by atoms with E-state index in [-0.39, 0.29) is 24.7 Å². The molecule has 0 saturated carbocycles. The average Bonchev–Trinajstić information content (AvgIpc) is 3.72. The summed E-state index contributed by atoms with van der Waals surface area (Å²) in [5.74, 6) is -0.0667. The molecule has 1 aliphatic heterocycles. The molecule has 7 heteroatoms. The van der Waals surface area contributed by atoms with Crippen LogP contribution in [-0.2, 0) is 24.2 Å². The maximum Gasteiger partial charge on any atom is 0.410 e. The highest BCUT2D eigenvalue weighted by atomic mass is 16.6. The molecule has 1 aliphatic rings. The summed E-state index contributed by atoms with van der Waals surface area (Å²) in [6, 6.07) is 28.5. The summed E-state index contributed by atoms with van der Waals surface area (Å²) >= 11 is 0. The zero-order chi connectivity index (χ0) is 26.6. The van der Waals surface area contributed by atoms with Gasteiger partial charge in [0.25, 0.3) is 0 Å². The zero-order valence-electron chi connectivity index (χ0n) is 21.7. The van der Waals surface area contributed by atoms with Crippen LogP contribution in [0, 0.1) is 0 Å². The number of benzene rings is 3. The number of likely N-dealkylation sites (tertiary alicyclic amines) is 1. The van der Waals surface area contributed by atoms with Crippen LogP contribution in [0.2, 0.25) is 0 Å². The van der Waals surface area contributed by atoms with Crippen molar-refractivity contribution in [2.24, 2.45) is 0 Å². The molecule has 3 heterocycles. The third-order valence-corrected chi connectivity index (χ3v) is 7.76. The van der Waals surface area contributed by atoms with Crippen molar-refractivity contribution in [1.29, 1.82) is 0 Å². The summed E-state index contributed by atoms with van der Waals surface area (Å²) in [5, 5.41) is 15.6. The van der Waals surface area contributed by atoms with Gasteiger partial charge in [-0.15, -0.1) is 9.94 Å². The number of H-pyrrole nitrogens is 1. The van der Waals surface area contributed by atoms with Crippen molar-refractivity contribution in [1.82, 2.24) is 19.8 Å². The van der Waals surface area contributed by atoms with E-state index in [0.717, 1.165) is 58.3 Å². The summed E-state index contributed by atoms with van der Waals surface area (Å²) in [6.45, 7) is 0.995. The molecule has 5 aromatic rings. The van der Waals surface area contributed by atoms with Gasteiger partial charge in [-0.1, -0.05) is 66.7 Å². The number of aromatic nitrogens is 3. The van der Waals surface area contributed by atoms with Crippen LogP contribution in [0.25, 0.3) is 10.9 Å². The van der Waals surface area contributed by atoms with E-state index in [0.29, 0.717) is 6.54 Å². The Morgan fingerprint density at radius 3 is 2.54 bits per heavy atom. The normalized spacial score (nSPS) is 16.0. The predicted octanol–water partition coefficient (Wildman–Crippen LogP) is 6.32. The molecule has 198 valence electrons. The molecule has 1 saturated heterocycles. The first-order valence-electron chi connectivity index (χ1n) is 13.5. The van der Waals surface area contributed by atoms with Crippen molar-refractivity contribution in [2.75, 3.05) is 6.54 Å². The number of rotatable bonds is 8. The number of nitrogens with zero attached hydrogens (tertiary/aromatic N) is 3. The molecule has 39 heavy (non-hydrogen) atoms. The van der Waals surface area contributed by atoms with Crippen molar-refractivity contribution in [3.05, 3.63) is 125 Å². The summed E-state index contributed by atoms with van der Waals surface area (Å²) in [4.78, 5) is 19.2. The number of fused-ring (bicyclic) bond motifs is 1. The van der Waals surface area contributed by atoms with Gasteiger partial charge in [0.05, 0.1) is 11.9 Å². The van der Waals surface area contributed by atoms with Crippen LogP contribution in [0.15, 0.2) is 97.3 Å². The van der Waals surface area contributed by atoms with Crippen LogP contribution in [0.4, 0.5) is 4.79 Å². The van der Waals surface area contributed by atoms with Crippen molar-refractivity contribution in [3.63, 3.8) is 0 Å². The minimum absolute atomic E-state index is 0.0667. The molecule has 0 unspecified atom stereocenters. The number of carbonyl (C=O) groups is 1. The Hall–Kier alpha value is -4.52. The lowest BCUT2D eigenvalue weighted by atomic mass is 9.88. The Bertz CT molecular complexity index is 1540. The molecule has 0 bridgehead atoms. The van der Waals surface area contributed by atoms with Gasteiger partial charge < -0.3 is 19.8 Å². The lowest BCUT2D eigenvalue weighted by molar-refractivity contribution is 0.0921. The molecule has 0 radical (unpaired) electrons. The number of amides is 1. The van der Waals surface area contributed by atoms with Crippen LogP contribution in [0.1, 0.15) is 46.7 Å². The first-order valence-corrected chi connectivity index (χ1v) is 13.5. The smallest absolute Gasteiger partial charge is 0.410 e. The van der Waals surface area contributed by atoms with Crippen molar-refractivity contribution in [2.45, 2.75) is 44.2 Å². The minimum Gasteiger partial charge on any atom is -0.445 e. The standard InChI is InChI=1S/C32H32N4O3/c37-32(39-22-24-10-5-2-6-11-24)35-17-7-12-27(35)19-26-21-33-30-14-13-25(20-28(26)30)29(31-15-16-34-36(31)38)18-23-8-3-1-4-9-23/h1-6,8-11,13-16,20-21,27,29,33,38H,7,12,17-19,22H2/t27-,29-/m1/s1. The van der Waals surface area contributed by atoms with Crippen molar-refractivity contribution >= 4 is 17.0 Å². The minimum atomic E-state index is -0.249. The first-order chi connectivity index (χ1) is 19.2. The molecular weight excluding hydrogens is 488 g/mol. The third kappa shape index (κ3) is 5.39. The van der Waals surface area contributed by atoms with E-state index in [2.05, 4.69) is 46.6 Å². The van der Waals surface area contributed by atoms with E-state index in [1.54, 1.807) is 6.20 Å². The Balaban J connectivity index is 1.24. The molecule has 1 amide bonds. The molecule has 3 aromatic carbocycles. The zero-order valence-corrected chi connectivity index (χ0v) is 21.7. The van der Waals surface area contributed by atoms with E-state index in [4.69, 9.17) is 4.74 Å². The second kappa shape index (κ2) is 11.1. The van der Waals surface area contributed by atoms with E-state index in [9.17, 15) is 10.0 Å². The van der Waals surface area contributed by atoms with Crippen LogP contribution in [0.3, 0.4) is 0 Å². The van der Waals surface area contributed by atoms with E-state index in [1.165, 1.54) is 11.1 Å². The molecule has 0 aliphatic carbocycles. The van der Waals surface area contributed by atoms with Gasteiger partial charge in [0.15, 0.2) is 0 Å². The van der Waals surface area contributed by atoms with Gasteiger partial charge in [-0.3, -0.25) is 0 Å². The van der Waals surface area contributed by atoms with Gasteiger partial charge >= 0.3 is 6.09 Å². The number of aromatic amines is 1. The van der Waals surface area contributed by atoms with Crippen LogP contribution in [0.5, 0.6) is 0 Å². The number of hydrogen-bond donors (Lipinski definition) is 2. The van der Waals surface area contributed by atoms with Crippen LogP contribution in [-0.4, -0.2) is 43.7 Å². The summed E-state index contributed by atoms with van der Waals surface area (Å²) in [5.41, 5.74) is 6.26. The number of hydrogen-bond acceptors (Lipinski definition) is 4. The fourth-order valence-electron chi connectivity index (χ4n) is 5.73. The van der Waals surface area contributed by atoms with Gasteiger partial charge in [-0.25, -0.2) is 4.79 Å². The summed E-state index contributed by atoms with van der Waals surface area (Å²) in [6.07, 6.45) is 6.85. The average molecular weight is 521 g/mol. The van der Waals surface area contributed by atoms with Gasteiger partial charge in [0.1, 0.15) is 6.61 Å². The van der Waals surface area contributed by atoms with Crippen LogP contribution < -0.4 is 0 Å². The Morgan fingerprint density at radius 2 is 1.79 bits per heavy atom. The topological polar surface area (TPSA) is 83.4 Å². The van der Waals surface area contributed by atoms with Crippen LogP contribution >= 0.6 is 0 Å². The van der Waals surface area contributed by atoms with E-state index >= 15 is 0 Å². The highest BCUT2D eigenvalue weighted by molar-refractivity contribution is 5.84. The Morgan fingerprint density at radius 1 is 1.03 bits per heavy atom. The fraction of sp³-hybridized carbons (Fsp3) is 0.250. The molecule has 1 fully saturated rings. The van der Waals surface area contributed by atoms with Crippen molar-refractivity contribution in [3.8, 4) is 0 Å². The van der Waals surface area contributed by atoms with Gasteiger partial charge in [-0.05, 0) is 66.1 Å². The van der Waals surface area contributed by atoms with Crippen molar-refractivity contribution < 1.29 is 14.7 Å². The largest absolute Gasteiger partial charge is 0.445 e. The molecule has 2 aromatic heterocycles. The predicted molar refractivity (Wildman–Crippen MR) is 150 cm³/mol. The highest BCUT2D eigenvalue weighted by Crippen LogP contribution is 2.33. The third-order valence-electron chi connectivity index (χ3n) is 7.76. The SMILES string of the molecule is O=C(OCc1ccccc1)N1CCC[C@@H]1Cc1c[nH]c2ccc([C@@H](Cc3ccccc3)c3ccnn3O)cc12. The van der Waals surface area contributed by atoms with E-state index < -0.39 is 0 Å². The van der Waals surface area contributed by atoms with Gasteiger partial charge in [0, 0.05) is 35.6 Å². The molecule has 7 nitrogen and oxygen atoms in total. The summed E-state index contributed by atoms with van der Waals surface area (Å²) in [7, 11) is 0. The molecule has 0 spiro atoms. The van der Waals surface area contributed by atoms with Gasteiger partial charge in [-0.2, -0.15) is 0 Å². The molecular formula is C32H32N4O3. The molecule has 2 N–H and O–H groups in total. The Kier molecular flexibility index (Phi) is 7.04. The quantitative estimate of drug-likeness (QED) is 0.235. The second-order valence-corrected chi connectivity index (χ2v) is 10.2. The monoisotopic (exact) mass is 520 g/mol. The lowest BCUT2D eigenvalue weighted by Gasteiger charge is -2.24. The number of carbonyl (C=O) groups excluding carboxylic acids is 1. The van der Waals surface area contributed by atoms with Gasteiger partial charge in [0.2, 0.25) is 0 Å². The van der Waals surface area contributed by atoms with E-state index in [1.807, 2.05) is 59.5 Å². The highest BCUT2D eigenvalue weighted by Gasteiger charge is 2.31. The first kappa shape index (κ1) is 24.8. The number of nitrogens with one attached hydrogen (secondary N) is 1. The molecule has 2 atom stereocenters. The second-order valence-electron chi connectivity index (χ2n) is 10.2. The fourth-order valence-corrected chi connectivity index (χ4v) is 5.73. The number of ether oxygens (including phenoxy) is 1. The maximum absolute atomic E-state index is 13.0. The Labute approximate surface area is 227 Å².